The molecule has 1 N–H and O–H groups in total. The van der Waals surface area contributed by atoms with Crippen LogP contribution in [-0.2, 0) is 27.4 Å². The van der Waals surface area contributed by atoms with Gasteiger partial charge in [-0.3, -0.25) is 9.69 Å². The summed E-state index contributed by atoms with van der Waals surface area (Å²) in [5.74, 6) is 0.0981. The van der Waals surface area contributed by atoms with E-state index in [-0.39, 0.29) is 5.91 Å². The van der Waals surface area contributed by atoms with E-state index in [1.165, 1.54) is 6.42 Å². The fourth-order valence-corrected chi connectivity index (χ4v) is 3.62. The molecule has 5 nitrogen and oxygen atoms in total. The second-order valence-corrected chi connectivity index (χ2v) is 6.61. The lowest BCUT2D eigenvalue weighted by atomic mass is 10.1. The maximum atomic E-state index is 12.3. The Morgan fingerprint density at radius 1 is 1.29 bits per heavy atom. The molecule has 1 aliphatic carbocycles. The van der Waals surface area contributed by atoms with Crippen molar-refractivity contribution >= 4 is 5.91 Å². The highest BCUT2D eigenvalue weighted by Gasteiger charge is 2.36. The third kappa shape index (κ3) is 4.56. The molecule has 24 heavy (non-hydrogen) atoms. The number of amides is 1. The summed E-state index contributed by atoms with van der Waals surface area (Å²) in [4.78, 5) is 14.6. The van der Waals surface area contributed by atoms with Gasteiger partial charge in [0.1, 0.15) is 0 Å². The third-order valence-corrected chi connectivity index (χ3v) is 4.93. The Bertz CT molecular complexity index is 532. The predicted octanol–water partition coefficient (Wildman–Crippen LogP) is 2.09. The minimum absolute atomic E-state index is 0.0981. The molecule has 2 aliphatic rings. The van der Waals surface area contributed by atoms with Crippen molar-refractivity contribution < 1.29 is 14.3 Å². The van der Waals surface area contributed by atoms with Gasteiger partial charge in [0.15, 0.2) is 0 Å². The van der Waals surface area contributed by atoms with Crippen LogP contribution in [0.15, 0.2) is 24.3 Å². The molecule has 0 radical (unpaired) electrons. The Hall–Kier alpha value is -1.43. The molecule has 1 saturated carbocycles. The van der Waals surface area contributed by atoms with Gasteiger partial charge in [-0.2, -0.15) is 0 Å². The van der Waals surface area contributed by atoms with Gasteiger partial charge in [0.05, 0.1) is 25.9 Å². The molecule has 3 rings (SSSR count). The monoisotopic (exact) mass is 332 g/mol. The zero-order valence-electron chi connectivity index (χ0n) is 14.5. The largest absolute Gasteiger partial charge is 0.377 e. The van der Waals surface area contributed by atoms with Gasteiger partial charge in [0, 0.05) is 25.7 Å². The van der Waals surface area contributed by atoms with E-state index in [2.05, 4.69) is 34.5 Å². The summed E-state index contributed by atoms with van der Waals surface area (Å²) in [6, 6.07) is 8.65. The van der Waals surface area contributed by atoms with Crippen LogP contribution in [0.2, 0.25) is 0 Å². The maximum absolute atomic E-state index is 12.3. The first-order valence-corrected chi connectivity index (χ1v) is 9.04. The Labute approximate surface area is 144 Å². The van der Waals surface area contributed by atoms with Gasteiger partial charge >= 0.3 is 0 Å². The van der Waals surface area contributed by atoms with Crippen LogP contribution in [0, 0.1) is 0 Å². The first-order chi connectivity index (χ1) is 11.8. The fourth-order valence-electron chi connectivity index (χ4n) is 3.62. The number of fused-ring (bicyclic) bond motifs is 1. The number of hydrogen-bond acceptors (Lipinski definition) is 4. The molecule has 5 heteroatoms. The molecule has 2 atom stereocenters. The highest BCUT2D eigenvalue weighted by molar-refractivity contribution is 5.78. The summed E-state index contributed by atoms with van der Waals surface area (Å²) in [7, 11) is 0. The average Bonchev–Trinajstić information content (AvgIpc) is 3.09. The van der Waals surface area contributed by atoms with E-state index in [0.29, 0.717) is 31.8 Å². The molecular formula is C19H28N2O3. The van der Waals surface area contributed by atoms with Crippen molar-refractivity contribution in [2.75, 3.05) is 26.3 Å². The van der Waals surface area contributed by atoms with Gasteiger partial charge in [-0.1, -0.05) is 24.3 Å². The van der Waals surface area contributed by atoms with Crippen LogP contribution in [0.25, 0.3) is 0 Å². The maximum Gasteiger partial charge on any atom is 0.234 e. The summed E-state index contributed by atoms with van der Waals surface area (Å²) in [6.07, 6.45) is 3.84. The number of benzene rings is 1. The molecule has 132 valence electrons. The highest BCUT2D eigenvalue weighted by atomic mass is 16.5. The molecule has 1 amide bonds. The van der Waals surface area contributed by atoms with Crippen LogP contribution in [0.1, 0.15) is 37.3 Å². The number of carbonyl (C=O) groups excluding carboxylic acids is 1. The minimum Gasteiger partial charge on any atom is -0.377 e. The topological polar surface area (TPSA) is 50.8 Å². The number of carbonyl (C=O) groups is 1. The Balaban J connectivity index is 1.43. The van der Waals surface area contributed by atoms with Gasteiger partial charge in [-0.25, -0.2) is 0 Å². The van der Waals surface area contributed by atoms with E-state index in [4.69, 9.17) is 9.47 Å². The van der Waals surface area contributed by atoms with Crippen LogP contribution in [0.3, 0.4) is 0 Å². The third-order valence-electron chi connectivity index (χ3n) is 4.93. The summed E-state index contributed by atoms with van der Waals surface area (Å²) in [6.45, 7) is 6.02. The number of nitrogens with one attached hydrogen (secondary N) is 1. The number of morpholine rings is 1. The Morgan fingerprint density at radius 2 is 2.08 bits per heavy atom. The predicted molar refractivity (Wildman–Crippen MR) is 92.6 cm³/mol. The minimum atomic E-state index is 0.0981. The van der Waals surface area contributed by atoms with Crippen molar-refractivity contribution in [2.45, 2.75) is 51.5 Å². The molecule has 2 fully saturated rings. The van der Waals surface area contributed by atoms with Gasteiger partial charge in [0.25, 0.3) is 0 Å². The first-order valence-electron chi connectivity index (χ1n) is 9.04. The van der Waals surface area contributed by atoms with Crippen molar-refractivity contribution in [3.63, 3.8) is 0 Å². The molecule has 1 heterocycles. The van der Waals surface area contributed by atoms with Gasteiger partial charge in [-0.05, 0) is 37.3 Å². The smallest absolute Gasteiger partial charge is 0.234 e. The normalized spacial score (nSPS) is 23.9. The molecule has 1 aromatic carbocycles. The molecule has 1 saturated heterocycles. The lowest BCUT2D eigenvalue weighted by Gasteiger charge is -2.37. The Kier molecular flexibility index (Phi) is 6.24. The van der Waals surface area contributed by atoms with E-state index in [1.54, 1.807) is 0 Å². The number of ether oxygens (including phenoxy) is 2. The van der Waals surface area contributed by atoms with Crippen LogP contribution >= 0.6 is 0 Å². The van der Waals surface area contributed by atoms with Gasteiger partial charge < -0.3 is 14.8 Å². The molecule has 2 unspecified atom stereocenters. The van der Waals surface area contributed by atoms with E-state index >= 15 is 0 Å². The van der Waals surface area contributed by atoms with Gasteiger partial charge in [0.2, 0.25) is 5.91 Å². The molecule has 1 aromatic rings. The van der Waals surface area contributed by atoms with Crippen molar-refractivity contribution in [3.8, 4) is 0 Å². The number of nitrogens with zero attached hydrogens (tertiary/aromatic N) is 1. The summed E-state index contributed by atoms with van der Waals surface area (Å²) >= 11 is 0. The second-order valence-electron chi connectivity index (χ2n) is 6.61. The van der Waals surface area contributed by atoms with E-state index in [0.717, 1.165) is 43.7 Å². The van der Waals surface area contributed by atoms with Crippen LogP contribution in [0.5, 0.6) is 0 Å². The lowest BCUT2D eigenvalue weighted by Crippen LogP contribution is -2.51. The van der Waals surface area contributed by atoms with Crippen molar-refractivity contribution in [2.24, 2.45) is 0 Å². The van der Waals surface area contributed by atoms with E-state index < -0.39 is 0 Å². The summed E-state index contributed by atoms with van der Waals surface area (Å²) < 4.78 is 11.2. The fraction of sp³-hybridized carbons (Fsp3) is 0.632. The molecule has 0 bridgehead atoms. The molecule has 1 aliphatic heterocycles. The van der Waals surface area contributed by atoms with E-state index in [1.807, 2.05) is 6.92 Å². The molecule has 0 spiro atoms. The molecule has 0 aromatic heterocycles. The average molecular weight is 332 g/mol. The van der Waals surface area contributed by atoms with Gasteiger partial charge in [-0.15, -0.1) is 0 Å². The van der Waals surface area contributed by atoms with Crippen molar-refractivity contribution in [1.29, 1.82) is 0 Å². The first kappa shape index (κ1) is 17.4. The number of rotatable bonds is 7. The van der Waals surface area contributed by atoms with Crippen molar-refractivity contribution in [3.05, 3.63) is 35.4 Å². The zero-order valence-corrected chi connectivity index (χ0v) is 14.5. The summed E-state index contributed by atoms with van der Waals surface area (Å²) in [5, 5.41) is 3.04. The second kappa shape index (κ2) is 8.60. The number of hydrogen-bond donors (Lipinski definition) is 1. The highest BCUT2D eigenvalue weighted by Crippen LogP contribution is 2.29. The standard InChI is InChI=1S/C19H28N2O3/c1-2-23-14-16-8-6-15(7-9-16)12-20-19(22)13-21-10-11-24-18-5-3-4-17(18)21/h6-9,17-18H,2-5,10-14H2,1H3,(H,20,22). The quantitative estimate of drug-likeness (QED) is 0.831. The lowest BCUT2D eigenvalue weighted by molar-refractivity contribution is -0.126. The Morgan fingerprint density at radius 3 is 2.88 bits per heavy atom. The summed E-state index contributed by atoms with van der Waals surface area (Å²) in [5.41, 5.74) is 2.27. The molecular weight excluding hydrogens is 304 g/mol. The van der Waals surface area contributed by atoms with Crippen LogP contribution in [0.4, 0.5) is 0 Å². The SMILES string of the molecule is CCOCc1ccc(CNC(=O)CN2CCOC3CCCC32)cc1. The zero-order chi connectivity index (χ0) is 16.8. The van der Waals surface area contributed by atoms with E-state index in [9.17, 15) is 4.79 Å². The van der Waals surface area contributed by atoms with Crippen molar-refractivity contribution in [1.82, 2.24) is 10.2 Å². The van der Waals surface area contributed by atoms with Crippen LogP contribution in [-0.4, -0.2) is 49.3 Å². The van der Waals surface area contributed by atoms with Crippen LogP contribution < -0.4 is 5.32 Å².